The Morgan fingerprint density at radius 3 is 2.55 bits per heavy atom. The van der Waals surface area contributed by atoms with E-state index in [0.717, 1.165) is 12.1 Å². The lowest BCUT2D eigenvalue weighted by Gasteiger charge is -2.21. The van der Waals surface area contributed by atoms with Crippen molar-refractivity contribution in [1.29, 1.82) is 0 Å². The summed E-state index contributed by atoms with van der Waals surface area (Å²) in [7, 11) is 0. The van der Waals surface area contributed by atoms with Crippen LogP contribution in [0.4, 0.5) is 4.39 Å². The van der Waals surface area contributed by atoms with Gasteiger partial charge in [-0.15, -0.1) is 0 Å². The molecule has 0 aliphatic carbocycles. The first-order valence-corrected chi connectivity index (χ1v) is 7.58. The van der Waals surface area contributed by atoms with Gasteiger partial charge in [0.05, 0.1) is 10.5 Å². The fraction of sp³-hybridized carbons (Fsp3) is 0.294. The maximum Gasteiger partial charge on any atom is 0.142 e. The van der Waals surface area contributed by atoms with Crippen molar-refractivity contribution in [1.82, 2.24) is 5.32 Å². The minimum absolute atomic E-state index is 0.128. The predicted octanol–water partition coefficient (Wildman–Crippen LogP) is 4.90. The standard InChI is InChI=1S/C17H19BrFN/c1-4-20-17(13-9-8-11(2)12(3)10-13)14-6-5-7-15(18)16(14)19/h5-10,17,20H,4H2,1-3H3. The van der Waals surface area contributed by atoms with Crippen molar-refractivity contribution >= 4 is 15.9 Å². The number of aryl methyl sites for hydroxylation is 2. The summed E-state index contributed by atoms with van der Waals surface area (Å²) in [6, 6.07) is 11.6. The van der Waals surface area contributed by atoms with E-state index in [1.165, 1.54) is 11.1 Å². The Morgan fingerprint density at radius 2 is 1.90 bits per heavy atom. The van der Waals surface area contributed by atoms with Gasteiger partial charge in [-0.2, -0.15) is 0 Å². The number of nitrogens with one attached hydrogen (secondary N) is 1. The Bertz CT molecular complexity index is 610. The van der Waals surface area contributed by atoms with E-state index < -0.39 is 0 Å². The summed E-state index contributed by atoms with van der Waals surface area (Å²) >= 11 is 3.26. The first-order valence-electron chi connectivity index (χ1n) is 6.79. The van der Waals surface area contributed by atoms with Crippen molar-refractivity contribution in [3.8, 4) is 0 Å². The van der Waals surface area contributed by atoms with Gasteiger partial charge in [-0.25, -0.2) is 4.39 Å². The van der Waals surface area contributed by atoms with Crippen LogP contribution in [0.2, 0.25) is 0 Å². The molecule has 0 aromatic heterocycles. The molecule has 1 atom stereocenters. The highest BCUT2D eigenvalue weighted by molar-refractivity contribution is 9.10. The average Bonchev–Trinajstić information content (AvgIpc) is 2.43. The summed E-state index contributed by atoms with van der Waals surface area (Å²) in [6.45, 7) is 6.98. The Hall–Kier alpha value is -1.19. The van der Waals surface area contributed by atoms with Crippen LogP contribution in [0.25, 0.3) is 0 Å². The third-order valence-electron chi connectivity index (χ3n) is 3.57. The van der Waals surface area contributed by atoms with Crippen LogP contribution in [-0.2, 0) is 0 Å². The minimum Gasteiger partial charge on any atom is -0.306 e. The van der Waals surface area contributed by atoms with Crippen molar-refractivity contribution < 1.29 is 4.39 Å². The lowest BCUT2D eigenvalue weighted by Crippen LogP contribution is -2.23. The van der Waals surface area contributed by atoms with Gasteiger partial charge in [0.1, 0.15) is 5.82 Å². The third-order valence-corrected chi connectivity index (χ3v) is 4.18. The molecule has 0 fully saturated rings. The van der Waals surface area contributed by atoms with E-state index in [1.807, 2.05) is 19.1 Å². The molecular weight excluding hydrogens is 317 g/mol. The largest absolute Gasteiger partial charge is 0.306 e. The summed E-state index contributed by atoms with van der Waals surface area (Å²) in [5.41, 5.74) is 4.23. The molecule has 1 nitrogen and oxygen atoms in total. The fourth-order valence-electron chi connectivity index (χ4n) is 2.30. The van der Waals surface area contributed by atoms with Crippen molar-refractivity contribution in [3.05, 3.63) is 68.9 Å². The van der Waals surface area contributed by atoms with E-state index in [0.29, 0.717) is 10.0 Å². The second-order valence-corrected chi connectivity index (χ2v) is 5.83. The highest BCUT2D eigenvalue weighted by Crippen LogP contribution is 2.29. The molecule has 2 aromatic rings. The number of benzene rings is 2. The predicted molar refractivity (Wildman–Crippen MR) is 85.5 cm³/mol. The molecule has 0 heterocycles. The van der Waals surface area contributed by atoms with E-state index >= 15 is 0 Å². The van der Waals surface area contributed by atoms with Gasteiger partial charge < -0.3 is 5.32 Å². The van der Waals surface area contributed by atoms with Gasteiger partial charge in [0.15, 0.2) is 0 Å². The minimum atomic E-state index is -0.198. The molecule has 0 aliphatic heterocycles. The number of halogens is 2. The maximum atomic E-state index is 14.4. The molecule has 1 unspecified atom stereocenters. The summed E-state index contributed by atoms with van der Waals surface area (Å²) in [5.74, 6) is -0.198. The van der Waals surface area contributed by atoms with Gasteiger partial charge in [0, 0.05) is 5.56 Å². The van der Waals surface area contributed by atoms with Gasteiger partial charge in [-0.3, -0.25) is 0 Å². The summed E-state index contributed by atoms with van der Waals surface area (Å²) in [4.78, 5) is 0. The van der Waals surface area contributed by atoms with E-state index in [1.54, 1.807) is 6.07 Å². The molecule has 0 radical (unpaired) electrons. The first kappa shape index (κ1) is 15.2. The van der Waals surface area contributed by atoms with Gasteiger partial charge in [0.2, 0.25) is 0 Å². The van der Waals surface area contributed by atoms with Crippen molar-refractivity contribution in [2.24, 2.45) is 0 Å². The second kappa shape index (κ2) is 6.51. The third kappa shape index (κ3) is 3.10. The molecule has 0 amide bonds. The Kier molecular flexibility index (Phi) is 4.95. The van der Waals surface area contributed by atoms with Crippen LogP contribution in [-0.4, -0.2) is 6.54 Å². The van der Waals surface area contributed by atoms with Crippen LogP contribution in [0.3, 0.4) is 0 Å². The van der Waals surface area contributed by atoms with Crippen LogP contribution < -0.4 is 5.32 Å². The topological polar surface area (TPSA) is 12.0 Å². The zero-order valence-corrected chi connectivity index (χ0v) is 13.6. The van der Waals surface area contributed by atoms with Crippen molar-refractivity contribution in [2.75, 3.05) is 6.54 Å². The Labute approximate surface area is 128 Å². The summed E-state index contributed by atoms with van der Waals surface area (Å²) in [6.07, 6.45) is 0. The highest BCUT2D eigenvalue weighted by Gasteiger charge is 2.18. The normalized spacial score (nSPS) is 12.4. The van der Waals surface area contributed by atoms with Crippen molar-refractivity contribution in [2.45, 2.75) is 26.8 Å². The van der Waals surface area contributed by atoms with E-state index in [9.17, 15) is 4.39 Å². The zero-order chi connectivity index (χ0) is 14.7. The number of hydrogen-bond acceptors (Lipinski definition) is 1. The Balaban J connectivity index is 2.50. The lowest BCUT2D eigenvalue weighted by atomic mass is 9.95. The monoisotopic (exact) mass is 335 g/mol. The number of rotatable bonds is 4. The summed E-state index contributed by atoms with van der Waals surface area (Å²) < 4.78 is 14.9. The molecule has 0 bridgehead atoms. The molecule has 106 valence electrons. The molecule has 0 spiro atoms. The SMILES string of the molecule is CCNC(c1ccc(C)c(C)c1)c1cccc(Br)c1F. The molecule has 2 aromatic carbocycles. The van der Waals surface area contributed by atoms with Crippen LogP contribution in [0, 0.1) is 19.7 Å². The fourth-order valence-corrected chi connectivity index (χ4v) is 2.68. The highest BCUT2D eigenvalue weighted by atomic mass is 79.9. The van der Waals surface area contributed by atoms with Crippen LogP contribution in [0.5, 0.6) is 0 Å². The maximum absolute atomic E-state index is 14.4. The molecule has 20 heavy (non-hydrogen) atoms. The van der Waals surface area contributed by atoms with Gasteiger partial charge in [0.25, 0.3) is 0 Å². The molecule has 0 aliphatic rings. The quantitative estimate of drug-likeness (QED) is 0.837. The van der Waals surface area contributed by atoms with E-state index in [4.69, 9.17) is 0 Å². The second-order valence-electron chi connectivity index (χ2n) is 4.98. The zero-order valence-electron chi connectivity index (χ0n) is 12.0. The van der Waals surface area contributed by atoms with Crippen LogP contribution >= 0.6 is 15.9 Å². The van der Waals surface area contributed by atoms with Crippen LogP contribution in [0.1, 0.15) is 35.2 Å². The van der Waals surface area contributed by atoms with E-state index in [-0.39, 0.29) is 11.9 Å². The van der Waals surface area contributed by atoms with E-state index in [2.05, 4.69) is 53.3 Å². The van der Waals surface area contributed by atoms with Crippen LogP contribution in [0.15, 0.2) is 40.9 Å². The number of hydrogen-bond donors (Lipinski definition) is 1. The average molecular weight is 336 g/mol. The Morgan fingerprint density at radius 1 is 1.15 bits per heavy atom. The van der Waals surface area contributed by atoms with Gasteiger partial charge in [-0.05, 0) is 59.1 Å². The van der Waals surface area contributed by atoms with Gasteiger partial charge >= 0.3 is 0 Å². The summed E-state index contributed by atoms with van der Waals surface area (Å²) in [5, 5.41) is 3.37. The molecule has 2 rings (SSSR count). The molecule has 0 saturated heterocycles. The lowest BCUT2D eigenvalue weighted by molar-refractivity contribution is 0.554. The van der Waals surface area contributed by atoms with Gasteiger partial charge in [-0.1, -0.05) is 37.3 Å². The van der Waals surface area contributed by atoms with Crippen molar-refractivity contribution in [3.63, 3.8) is 0 Å². The molecule has 3 heteroatoms. The first-order chi connectivity index (χ1) is 9.54. The molecule has 0 saturated carbocycles. The molecule has 1 N–H and O–H groups in total. The molecular formula is C17H19BrFN. The smallest absolute Gasteiger partial charge is 0.142 e.